The number of halogens is 4. The van der Waals surface area contributed by atoms with Crippen LogP contribution in [0, 0.1) is 5.41 Å². The van der Waals surface area contributed by atoms with E-state index in [1.54, 1.807) is 13.8 Å². The minimum Gasteiger partial charge on any atom is -0.492 e. The third-order valence-corrected chi connectivity index (χ3v) is 6.81. The zero-order valence-corrected chi connectivity index (χ0v) is 21.7. The van der Waals surface area contributed by atoms with Crippen molar-refractivity contribution in [1.29, 1.82) is 0 Å². The molecule has 0 unspecified atom stereocenters. The van der Waals surface area contributed by atoms with Crippen LogP contribution in [0.1, 0.15) is 46.1 Å². The fourth-order valence-electron chi connectivity index (χ4n) is 4.31. The Balaban J connectivity index is 1.37. The molecular formula is C24H34BrF3N2O4. The fourth-order valence-corrected chi connectivity index (χ4v) is 4.80. The summed E-state index contributed by atoms with van der Waals surface area (Å²) in [7, 11) is 0. The lowest BCUT2D eigenvalue weighted by Crippen LogP contribution is -2.57. The van der Waals surface area contributed by atoms with Crippen LogP contribution < -0.4 is 4.74 Å². The van der Waals surface area contributed by atoms with Gasteiger partial charge < -0.3 is 19.5 Å². The molecule has 0 radical (unpaired) electrons. The van der Waals surface area contributed by atoms with Crippen LogP contribution in [-0.2, 0) is 15.1 Å². The van der Waals surface area contributed by atoms with Gasteiger partial charge in [-0.15, -0.1) is 0 Å². The van der Waals surface area contributed by atoms with Gasteiger partial charge in [0.1, 0.15) is 5.75 Å². The van der Waals surface area contributed by atoms with Crippen LogP contribution in [0.3, 0.4) is 0 Å². The molecule has 2 fully saturated rings. The van der Waals surface area contributed by atoms with Crippen LogP contribution in [0.4, 0.5) is 13.2 Å². The normalized spacial score (nSPS) is 19.3. The van der Waals surface area contributed by atoms with E-state index < -0.39 is 17.7 Å². The summed E-state index contributed by atoms with van der Waals surface area (Å²) in [5.74, 6) is -1.04. The molecule has 2 aliphatic rings. The number of amides is 1. The highest BCUT2D eigenvalue weighted by Crippen LogP contribution is 2.32. The van der Waals surface area contributed by atoms with Gasteiger partial charge in [-0.25, -0.2) is 0 Å². The predicted molar refractivity (Wildman–Crippen MR) is 126 cm³/mol. The summed E-state index contributed by atoms with van der Waals surface area (Å²) in [6, 6.07) is 5.58. The van der Waals surface area contributed by atoms with Crippen molar-refractivity contribution in [2.75, 3.05) is 39.3 Å². The second kappa shape index (κ2) is 10.3. The maximum atomic E-state index is 12.6. The largest absolute Gasteiger partial charge is 0.492 e. The second-order valence-corrected chi connectivity index (χ2v) is 11.5. The first-order chi connectivity index (χ1) is 15.6. The van der Waals surface area contributed by atoms with Crippen molar-refractivity contribution in [2.45, 2.75) is 64.5 Å². The van der Waals surface area contributed by atoms with E-state index >= 15 is 0 Å². The molecule has 0 bridgehead atoms. The lowest BCUT2D eigenvalue weighted by Gasteiger charge is -2.45. The van der Waals surface area contributed by atoms with Crippen LogP contribution in [0.2, 0.25) is 0 Å². The summed E-state index contributed by atoms with van der Waals surface area (Å²) in [5, 5.41) is 10.1. The number of hydrogen-bond donors (Lipinski definition) is 1. The number of likely N-dealkylation sites (tertiary alicyclic amines) is 2. The van der Waals surface area contributed by atoms with E-state index in [0.29, 0.717) is 19.4 Å². The van der Waals surface area contributed by atoms with E-state index in [0.717, 1.165) is 40.3 Å². The Hall–Kier alpha value is -1.36. The number of hydrogen-bond acceptors (Lipinski definition) is 5. The predicted octanol–water partition coefficient (Wildman–Crippen LogP) is 4.34. The topological polar surface area (TPSA) is 62.2 Å². The Morgan fingerprint density at radius 2 is 1.74 bits per heavy atom. The van der Waals surface area contributed by atoms with Gasteiger partial charge in [-0.2, -0.15) is 13.2 Å². The number of carbonyl (C=O) groups excluding carboxylic acids is 1. The minimum absolute atomic E-state index is 0.0649. The van der Waals surface area contributed by atoms with Gasteiger partial charge >= 0.3 is 12.1 Å². The van der Waals surface area contributed by atoms with Crippen LogP contribution in [0.5, 0.6) is 5.75 Å². The Morgan fingerprint density at radius 1 is 1.12 bits per heavy atom. The molecule has 2 heterocycles. The van der Waals surface area contributed by atoms with E-state index in [1.807, 2.05) is 18.2 Å². The Kier molecular flexibility index (Phi) is 8.27. The maximum Gasteiger partial charge on any atom is 0.471 e. The Labute approximate surface area is 207 Å². The molecule has 0 atom stereocenters. The van der Waals surface area contributed by atoms with Crippen molar-refractivity contribution in [3.05, 3.63) is 28.2 Å². The van der Waals surface area contributed by atoms with Crippen molar-refractivity contribution in [3.63, 3.8) is 0 Å². The van der Waals surface area contributed by atoms with Gasteiger partial charge in [-0.3, -0.25) is 9.69 Å². The average molecular weight is 551 g/mol. The highest BCUT2D eigenvalue weighted by atomic mass is 79.9. The van der Waals surface area contributed by atoms with E-state index in [2.05, 4.69) is 34.7 Å². The summed E-state index contributed by atoms with van der Waals surface area (Å²) in [5.41, 5.74) is -0.230. The first-order valence-corrected chi connectivity index (χ1v) is 12.3. The van der Waals surface area contributed by atoms with Gasteiger partial charge in [-0.1, -0.05) is 19.9 Å². The van der Waals surface area contributed by atoms with Gasteiger partial charge in [0, 0.05) is 38.1 Å². The van der Waals surface area contributed by atoms with E-state index in [-0.39, 0.29) is 30.7 Å². The summed E-state index contributed by atoms with van der Waals surface area (Å²) < 4.78 is 50.6. The summed E-state index contributed by atoms with van der Waals surface area (Å²) in [6.45, 7) is 10.8. The zero-order chi connectivity index (χ0) is 25.3. The Morgan fingerprint density at radius 3 is 2.26 bits per heavy atom. The average Bonchev–Trinajstić information content (AvgIpc) is 2.70. The lowest BCUT2D eigenvalue weighted by atomic mass is 9.92. The number of benzene rings is 1. The van der Waals surface area contributed by atoms with Crippen LogP contribution in [-0.4, -0.2) is 78.5 Å². The summed E-state index contributed by atoms with van der Waals surface area (Å²) in [4.78, 5) is 14.5. The van der Waals surface area contributed by atoms with Gasteiger partial charge in [-0.05, 0) is 60.3 Å². The molecular weight excluding hydrogens is 517 g/mol. The molecule has 0 aliphatic carbocycles. The number of ether oxygens (including phenoxy) is 2. The van der Waals surface area contributed by atoms with Gasteiger partial charge in [0.2, 0.25) is 0 Å². The monoisotopic (exact) mass is 550 g/mol. The first-order valence-electron chi connectivity index (χ1n) is 11.5. The van der Waals surface area contributed by atoms with Crippen LogP contribution in [0.15, 0.2) is 22.7 Å². The molecule has 0 aromatic heterocycles. The summed E-state index contributed by atoms with van der Waals surface area (Å²) >= 11 is 3.52. The molecule has 3 rings (SSSR count). The summed E-state index contributed by atoms with van der Waals surface area (Å²) in [6.07, 6.45) is -3.99. The molecule has 1 aromatic rings. The zero-order valence-electron chi connectivity index (χ0n) is 20.1. The highest BCUT2D eigenvalue weighted by molar-refractivity contribution is 9.10. The highest BCUT2D eigenvalue weighted by Gasteiger charge is 2.44. The fraction of sp³-hybridized carbons (Fsp3) is 0.708. The molecule has 34 heavy (non-hydrogen) atoms. The van der Waals surface area contributed by atoms with Gasteiger partial charge in [0.15, 0.2) is 0 Å². The number of aliphatic hydroxyl groups is 1. The number of rotatable bonds is 8. The molecule has 2 aliphatic heterocycles. The van der Waals surface area contributed by atoms with Crippen LogP contribution in [0.25, 0.3) is 0 Å². The smallest absolute Gasteiger partial charge is 0.471 e. The molecule has 0 spiro atoms. The Bertz CT molecular complexity index is 859. The van der Waals surface area contributed by atoms with Crippen LogP contribution >= 0.6 is 15.9 Å². The third-order valence-electron chi connectivity index (χ3n) is 6.19. The number of carbonyl (C=O) groups is 1. The van der Waals surface area contributed by atoms with E-state index in [9.17, 15) is 23.1 Å². The lowest BCUT2D eigenvalue weighted by molar-refractivity contribution is -0.188. The van der Waals surface area contributed by atoms with Crippen molar-refractivity contribution >= 4 is 21.8 Å². The number of alkyl halides is 3. The molecule has 1 aromatic carbocycles. The molecule has 0 saturated carbocycles. The van der Waals surface area contributed by atoms with Crippen molar-refractivity contribution in [3.8, 4) is 5.75 Å². The first kappa shape index (κ1) is 27.2. The quantitative estimate of drug-likeness (QED) is 0.521. The van der Waals surface area contributed by atoms with Crippen molar-refractivity contribution in [2.24, 2.45) is 5.41 Å². The molecule has 192 valence electrons. The molecule has 2 saturated heterocycles. The van der Waals surface area contributed by atoms with E-state index in [4.69, 9.17) is 9.47 Å². The molecule has 10 heteroatoms. The van der Waals surface area contributed by atoms with Crippen molar-refractivity contribution in [1.82, 2.24) is 9.80 Å². The standard InChI is InChI=1S/C24H34BrF3N2O4/c1-22(2,15-33-20-6-5-16(11-19(20)25)23(3,4)32)14-29-12-18(13-29)34-17-7-9-30(10-8-17)21(31)24(26,27)28/h5-6,11,17-18,32H,7-10,12-15H2,1-4H3. The SMILES string of the molecule is CC(C)(COc1ccc(C(C)(C)O)cc1Br)CN1CC(OC2CCN(C(=O)C(F)(F)F)CC2)C1. The van der Waals surface area contributed by atoms with E-state index in [1.165, 1.54) is 0 Å². The second-order valence-electron chi connectivity index (χ2n) is 10.6. The maximum absolute atomic E-state index is 12.6. The van der Waals surface area contributed by atoms with Crippen molar-refractivity contribution < 1.29 is 32.5 Å². The molecule has 6 nitrogen and oxygen atoms in total. The molecule has 1 amide bonds. The number of piperidine rings is 1. The van der Waals surface area contributed by atoms with Gasteiger partial charge in [0.05, 0.1) is 28.9 Å². The number of nitrogens with zero attached hydrogens (tertiary/aromatic N) is 2. The minimum atomic E-state index is -4.81. The third kappa shape index (κ3) is 7.32. The van der Waals surface area contributed by atoms with Gasteiger partial charge in [0.25, 0.3) is 0 Å². The molecule has 1 N–H and O–H groups in total.